The number of imidazole rings is 3. The lowest BCUT2D eigenvalue weighted by molar-refractivity contribution is -0.138. The fourth-order valence-corrected chi connectivity index (χ4v) is 11.1. The van der Waals surface area contributed by atoms with E-state index in [2.05, 4.69) is 45.3 Å². The molecule has 0 atom stereocenters. The number of aryl methyl sites for hydroxylation is 2. The number of carbonyl (C=O) groups is 3. The van der Waals surface area contributed by atoms with Gasteiger partial charge < -0.3 is 25.6 Å². The first kappa shape index (κ1) is 64.9. The molecule has 0 aliphatic carbocycles. The average Bonchev–Trinajstić information content (AvgIpc) is 1.81. The summed E-state index contributed by atoms with van der Waals surface area (Å²) in [5, 5.41) is 5.67. The van der Waals surface area contributed by atoms with Crippen LogP contribution in [0.25, 0.3) is 90.8 Å². The second-order valence-corrected chi connectivity index (χ2v) is 23.3. The molecule has 0 unspecified atom stereocenters. The standard InChI is InChI=1S/C24H20F3N3O.C24H18F3N3O.C24H21N3O3S/c2*1-15(31)28-20-5-3-2-4-19(20)17-9-12-21-22(14-17)30-23(29-21)13-8-16-6-10-18(11-7-16)24(25,26)27;1-16(28)18-10-7-17(8-11-18)9-14-24-26-21-13-12-19(15-22(21)27-24)20-5-3-4-6-23(20)31(29,30)25-2/h2-7,9-12,14H,8,13H2,1H3,(H,28,31)(H,29,30);2-14H,1H3,(H,28,31)(H,29,30);3-15,25H,1-2H3,(H,26,27)/b;13-8+;14-9+. The zero-order valence-electron chi connectivity index (χ0n) is 50.3. The minimum Gasteiger partial charge on any atom is -0.342 e. The van der Waals surface area contributed by atoms with Crippen LogP contribution in [0.15, 0.2) is 205 Å². The van der Waals surface area contributed by atoms with Gasteiger partial charge in [-0.3, -0.25) is 14.4 Å². The minimum atomic E-state index is -4.35. The van der Waals surface area contributed by atoms with Crippen LogP contribution in [0.4, 0.5) is 37.7 Å². The van der Waals surface area contributed by atoms with Crippen LogP contribution in [0.2, 0.25) is 0 Å². The summed E-state index contributed by atoms with van der Waals surface area (Å²) in [5.41, 5.74) is 13.1. The zero-order chi connectivity index (χ0) is 66.0. The Balaban J connectivity index is 0.000000153. The van der Waals surface area contributed by atoms with E-state index in [0.717, 1.165) is 114 Å². The van der Waals surface area contributed by atoms with E-state index < -0.39 is 33.5 Å². The number of amides is 2. The highest BCUT2D eigenvalue weighted by molar-refractivity contribution is 7.89. The van der Waals surface area contributed by atoms with Gasteiger partial charge in [-0.1, -0.05) is 133 Å². The molecule has 9 aromatic carbocycles. The summed E-state index contributed by atoms with van der Waals surface area (Å²) in [7, 11) is -2.18. The molecular formula is C72H59F6N9O5S. The first-order chi connectivity index (χ1) is 44.5. The summed E-state index contributed by atoms with van der Waals surface area (Å²) in [5.74, 6) is 1.78. The van der Waals surface area contributed by atoms with E-state index in [9.17, 15) is 49.1 Å². The summed E-state index contributed by atoms with van der Waals surface area (Å²) < 4.78 is 103. The first-order valence-electron chi connectivity index (χ1n) is 29.0. The molecule has 3 heterocycles. The lowest BCUT2D eigenvalue weighted by atomic mass is 10.0. The lowest BCUT2D eigenvalue weighted by Gasteiger charge is -2.09. The number of hydrogen-bond acceptors (Lipinski definition) is 8. The predicted molar refractivity (Wildman–Crippen MR) is 354 cm³/mol. The van der Waals surface area contributed by atoms with Crippen LogP contribution in [0, 0.1) is 0 Å². The number of halogens is 6. The van der Waals surface area contributed by atoms with Crippen LogP contribution in [-0.4, -0.2) is 63.0 Å². The molecule has 21 heteroatoms. The maximum absolute atomic E-state index is 12.7. The van der Waals surface area contributed by atoms with Crippen LogP contribution in [0.5, 0.6) is 0 Å². The van der Waals surface area contributed by atoms with E-state index in [-0.39, 0.29) is 22.5 Å². The Morgan fingerprint density at radius 1 is 0.462 bits per heavy atom. The molecule has 2 amide bonds. The number of hydrogen-bond donors (Lipinski definition) is 6. The third-order valence-electron chi connectivity index (χ3n) is 14.7. The van der Waals surface area contributed by atoms with E-state index >= 15 is 0 Å². The Labute approximate surface area is 530 Å². The molecule has 0 aliphatic heterocycles. The molecule has 470 valence electrons. The van der Waals surface area contributed by atoms with Gasteiger partial charge >= 0.3 is 12.4 Å². The van der Waals surface area contributed by atoms with Gasteiger partial charge in [0.1, 0.15) is 17.5 Å². The van der Waals surface area contributed by atoms with Crippen LogP contribution in [0.1, 0.15) is 76.4 Å². The molecule has 93 heavy (non-hydrogen) atoms. The Hall–Kier alpha value is -11.0. The van der Waals surface area contributed by atoms with Crippen LogP contribution >= 0.6 is 0 Å². The molecule has 0 bridgehead atoms. The molecular weight excluding hydrogens is 1220 g/mol. The maximum Gasteiger partial charge on any atom is 0.416 e. The maximum atomic E-state index is 12.7. The third-order valence-corrected chi connectivity index (χ3v) is 16.2. The van der Waals surface area contributed by atoms with Gasteiger partial charge in [-0.2, -0.15) is 26.3 Å². The van der Waals surface area contributed by atoms with Gasteiger partial charge in [-0.05, 0) is 145 Å². The number of ketones is 1. The summed E-state index contributed by atoms with van der Waals surface area (Å²) in [6.07, 6.45) is -0.323. The van der Waals surface area contributed by atoms with Crippen LogP contribution in [-0.2, 0) is 44.8 Å². The van der Waals surface area contributed by atoms with Gasteiger partial charge in [-0.25, -0.2) is 28.1 Å². The number of carbonyl (C=O) groups excluding carboxylic acids is 3. The molecule has 0 fully saturated rings. The van der Waals surface area contributed by atoms with Gasteiger partial charge in [0.05, 0.1) is 49.1 Å². The number of nitrogens with zero attached hydrogens (tertiary/aromatic N) is 3. The number of aromatic amines is 3. The number of fused-ring (bicyclic) bond motifs is 3. The van der Waals surface area contributed by atoms with Crippen molar-refractivity contribution in [3.05, 3.63) is 251 Å². The van der Waals surface area contributed by atoms with Crippen molar-refractivity contribution in [2.24, 2.45) is 0 Å². The molecule has 14 nitrogen and oxygen atoms in total. The molecule has 0 aliphatic rings. The Morgan fingerprint density at radius 2 is 0.871 bits per heavy atom. The number of sulfonamides is 1. The molecule has 0 spiro atoms. The van der Waals surface area contributed by atoms with E-state index in [0.29, 0.717) is 41.2 Å². The van der Waals surface area contributed by atoms with E-state index in [4.69, 9.17) is 0 Å². The molecule has 12 rings (SSSR count). The number of Topliss-reactive ketones (excluding diaryl/α,β-unsaturated/α-hetero) is 1. The summed E-state index contributed by atoms with van der Waals surface area (Å²) >= 11 is 0. The normalized spacial score (nSPS) is 11.8. The largest absolute Gasteiger partial charge is 0.416 e. The summed E-state index contributed by atoms with van der Waals surface area (Å²) in [4.78, 5) is 58.0. The number of nitrogens with one attached hydrogen (secondary N) is 6. The van der Waals surface area contributed by atoms with Crippen molar-refractivity contribution < 1.29 is 49.1 Å². The highest BCUT2D eigenvalue weighted by atomic mass is 32.2. The van der Waals surface area contributed by atoms with Gasteiger partial charge in [0.25, 0.3) is 0 Å². The zero-order valence-corrected chi connectivity index (χ0v) is 51.2. The van der Waals surface area contributed by atoms with Crippen LogP contribution < -0.4 is 15.4 Å². The minimum absolute atomic E-state index is 0.0349. The lowest BCUT2D eigenvalue weighted by Crippen LogP contribution is -2.19. The van der Waals surface area contributed by atoms with E-state index in [1.807, 2.05) is 133 Å². The molecule has 0 saturated heterocycles. The van der Waals surface area contributed by atoms with Gasteiger partial charge in [0.15, 0.2) is 5.78 Å². The summed E-state index contributed by atoms with van der Waals surface area (Å²) in [6.45, 7) is 4.47. The Morgan fingerprint density at radius 3 is 1.32 bits per heavy atom. The average molecular weight is 1280 g/mol. The smallest absolute Gasteiger partial charge is 0.342 e. The van der Waals surface area contributed by atoms with Gasteiger partial charge in [0, 0.05) is 53.9 Å². The topological polar surface area (TPSA) is 207 Å². The Kier molecular flexibility index (Phi) is 19.6. The number of para-hydroxylation sites is 2. The monoisotopic (exact) mass is 1280 g/mol. The van der Waals surface area contributed by atoms with E-state index in [1.54, 1.807) is 49.4 Å². The van der Waals surface area contributed by atoms with Crippen molar-refractivity contribution >= 4 is 96.4 Å². The van der Waals surface area contributed by atoms with Crippen molar-refractivity contribution in [3.63, 3.8) is 0 Å². The number of alkyl halides is 6. The SMILES string of the molecule is CC(=O)Nc1ccccc1-c1ccc2nc(/C=C/c3ccc(C(F)(F)F)cc3)[nH]c2c1.CC(=O)Nc1ccccc1-c1ccc2nc(CCc3ccc(C(F)(F)F)cc3)[nH]c2c1.CNS(=O)(=O)c1ccccc1-c1ccc2nc(/C=C/c3ccc(C(C)=O)cc3)[nH]c2c1. The fourth-order valence-electron chi connectivity index (χ4n) is 10.1. The molecule has 3 aromatic heterocycles. The molecule has 0 radical (unpaired) electrons. The van der Waals surface area contributed by atoms with Crippen molar-refractivity contribution in [1.82, 2.24) is 34.6 Å². The quantitative estimate of drug-likeness (QED) is 0.0429. The molecule has 6 N–H and O–H groups in total. The van der Waals surface area contributed by atoms with Gasteiger partial charge in [-0.15, -0.1) is 0 Å². The summed E-state index contributed by atoms with van der Waals surface area (Å²) in [6, 6.07) is 56.7. The predicted octanol–water partition coefficient (Wildman–Crippen LogP) is 16.9. The second-order valence-electron chi connectivity index (χ2n) is 21.4. The van der Waals surface area contributed by atoms with E-state index in [1.165, 1.54) is 45.2 Å². The van der Waals surface area contributed by atoms with Crippen molar-refractivity contribution in [2.45, 2.75) is 50.9 Å². The van der Waals surface area contributed by atoms with Crippen molar-refractivity contribution in [3.8, 4) is 33.4 Å². The Bertz CT molecular complexity index is 4880. The molecule has 0 saturated carbocycles. The third kappa shape index (κ3) is 16.5. The fraction of sp³-hybridized carbons (Fsp3) is 0.111. The second kappa shape index (κ2) is 28.0. The highest BCUT2D eigenvalue weighted by Gasteiger charge is 2.31. The first-order valence-corrected chi connectivity index (χ1v) is 30.5. The van der Waals surface area contributed by atoms with Crippen molar-refractivity contribution in [1.29, 1.82) is 0 Å². The number of benzene rings is 9. The number of anilines is 2. The highest BCUT2D eigenvalue weighted by Crippen LogP contribution is 2.35. The molecule has 12 aromatic rings. The van der Waals surface area contributed by atoms with Crippen LogP contribution in [0.3, 0.4) is 0 Å². The van der Waals surface area contributed by atoms with Crippen molar-refractivity contribution in [2.75, 3.05) is 17.7 Å². The number of rotatable bonds is 15. The number of aromatic nitrogens is 6. The van der Waals surface area contributed by atoms with Gasteiger partial charge in [0.2, 0.25) is 21.8 Å². The number of H-pyrrole nitrogens is 3.